The van der Waals surface area contributed by atoms with E-state index >= 15 is 0 Å². The molecule has 1 fully saturated rings. The zero-order valence-electron chi connectivity index (χ0n) is 18.2. The van der Waals surface area contributed by atoms with E-state index in [0.717, 1.165) is 19.3 Å². The van der Waals surface area contributed by atoms with Crippen LogP contribution in [-0.4, -0.2) is 58.6 Å². The van der Waals surface area contributed by atoms with E-state index in [9.17, 15) is 4.79 Å². The molecular formula is C23H25N9O. The number of nitrogens with two attached hydrogens (primary N) is 1. The van der Waals surface area contributed by atoms with Crippen LogP contribution in [0.15, 0.2) is 55.5 Å². The number of carbonyl (C=O) groups is 1. The highest BCUT2D eigenvalue weighted by molar-refractivity contribution is 5.97. The Bertz CT molecular complexity index is 1290. The third kappa shape index (κ3) is 4.07. The minimum absolute atomic E-state index is 0.0266. The van der Waals surface area contributed by atoms with Gasteiger partial charge in [-0.05, 0) is 30.9 Å². The maximum Gasteiger partial charge on any atom is 0.246 e. The van der Waals surface area contributed by atoms with Gasteiger partial charge in [-0.15, -0.1) is 5.10 Å². The van der Waals surface area contributed by atoms with Gasteiger partial charge in [-0.25, -0.2) is 14.6 Å². The minimum atomic E-state index is -0.0770. The first kappa shape index (κ1) is 20.8. The summed E-state index contributed by atoms with van der Waals surface area (Å²) in [6, 6.07) is 10.2. The number of piperidine rings is 1. The SMILES string of the molecule is C=CC(=O)N1CCC[C@@H](n2nc(-c3cn(CCc4ccccc4)nn3)c3c(N)ncnc32)C1. The number of aryl methyl sites for hydroxylation is 2. The first-order valence-corrected chi connectivity index (χ1v) is 11.0. The van der Waals surface area contributed by atoms with Crippen LogP contribution in [0.1, 0.15) is 24.4 Å². The van der Waals surface area contributed by atoms with Gasteiger partial charge in [0.25, 0.3) is 0 Å². The summed E-state index contributed by atoms with van der Waals surface area (Å²) in [5.74, 6) is 0.266. The van der Waals surface area contributed by atoms with Gasteiger partial charge in [0.2, 0.25) is 5.91 Å². The number of benzene rings is 1. The number of anilines is 1. The predicted molar refractivity (Wildman–Crippen MR) is 124 cm³/mol. The second kappa shape index (κ2) is 8.81. The third-order valence-electron chi connectivity index (χ3n) is 6.00. The standard InChI is InChI=1S/C23H25N9O/c1-2-19(33)30-11-6-9-17(13-30)32-23-20(22(24)25-15-26-23)21(28-32)18-14-31(29-27-18)12-10-16-7-4-3-5-8-16/h2-5,7-8,14-15,17H,1,6,9-13H2,(H2,24,25,26)/t17-/m1/s1. The van der Waals surface area contributed by atoms with Gasteiger partial charge in [0, 0.05) is 19.6 Å². The molecule has 2 N–H and O–H groups in total. The van der Waals surface area contributed by atoms with Crippen molar-refractivity contribution in [2.75, 3.05) is 18.8 Å². The van der Waals surface area contributed by atoms with Crippen LogP contribution in [-0.2, 0) is 17.8 Å². The van der Waals surface area contributed by atoms with E-state index in [1.54, 1.807) is 9.58 Å². The molecule has 1 saturated heterocycles. The predicted octanol–water partition coefficient (Wildman–Crippen LogP) is 2.26. The second-order valence-corrected chi connectivity index (χ2v) is 8.14. The van der Waals surface area contributed by atoms with E-state index in [0.29, 0.717) is 47.9 Å². The maximum atomic E-state index is 12.2. The Morgan fingerprint density at radius 3 is 2.91 bits per heavy atom. The Labute approximate surface area is 190 Å². The fourth-order valence-electron chi connectivity index (χ4n) is 4.32. The monoisotopic (exact) mass is 443 g/mol. The molecular weight excluding hydrogens is 418 g/mol. The van der Waals surface area contributed by atoms with Gasteiger partial charge in [0.1, 0.15) is 23.5 Å². The normalized spacial score (nSPS) is 16.2. The fourth-order valence-corrected chi connectivity index (χ4v) is 4.32. The van der Waals surface area contributed by atoms with E-state index in [2.05, 4.69) is 39.0 Å². The number of aromatic nitrogens is 7. The Hall–Kier alpha value is -4.08. The van der Waals surface area contributed by atoms with Gasteiger partial charge in [-0.3, -0.25) is 9.48 Å². The first-order valence-electron chi connectivity index (χ1n) is 11.0. The van der Waals surface area contributed by atoms with Crippen molar-refractivity contribution in [3.8, 4) is 11.4 Å². The summed E-state index contributed by atoms with van der Waals surface area (Å²) < 4.78 is 3.66. The van der Waals surface area contributed by atoms with Crippen LogP contribution in [0, 0.1) is 0 Å². The van der Waals surface area contributed by atoms with Gasteiger partial charge < -0.3 is 10.6 Å². The van der Waals surface area contributed by atoms with Crippen LogP contribution in [0.5, 0.6) is 0 Å². The van der Waals surface area contributed by atoms with Gasteiger partial charge in [-0.1, -0.05) is 42.1 Å². The molecule has 0 spiro atoms. The quantitative estimate of drug-likeness (QED) is 0.454. The van der Waals surface area contributed by atoms with Crippen LogP contribution in [0.3, 0.4) is 0 Å². The summed E-state index contributed by atoms with van der Waals surface area (Å²) in [4.78, 5) is 22.6. The molecule has 0 aliphatic carbocycles. The zero-order valence-corrected chi connectivity index (χ0v) is 18.2. The smallest absolute Gasteiger partial charge is 0.246 e. The third-order valence-corrected chi connectivity index (χ3v) is 6.00. The number of hydrogen-bond acceptors (Lipinski definition) is 7. The van der Waals surface area contributed by atoms with Crippen molar-refractivity contribution in [1.82, 2.24) is 39.6 Å². The molecule has 33 heavy (non-hydrogen) atoms. The molecule has 4 aromatic rings. The largest absolute Gasteiger partial charge is 0.383 e. The second-order valence-electron chi connectivity index (χ2n) is 8.14. The molecule has 1 aliphatic heterocycles. The topological polar surface area (TPSA) is 121 Å². The van der Waals surface area contributed by atoms with Crippen molar-refractivity contribution in [1.29, 1.82) is 0 Å². The lowest BCUT2D eigenvalue weighted by atomic mass is 10.1. The number of rotatable bonds is 6. The van der Waals surface area contributed by atoms with E-state index in [-0.39, 0.29) is 11.9 Å². The molecule has 10 nitrogen and oxygen atoms in total. The van der Waals surface area contributed by atoms with Crippen molar-refractivity contribution in [3.63, 3.8) is 0 Å². The first-order chi connectivity index (χ1) is 16.1. The number of hydrogen-bond donors (Lipinski definition) is 1. The van der Waals surface area contributed by atoms with E-state index in [4.69, 9.17) is 10.8 Å². The average Bonchev–Trinajstić information content (AvgIpc) is 3.48. The van der Waals surface area contributed by atoms with Crippen LogP contribution < -0.4 is 5.73 Å². The molecule has 10 heteroatoms. The highest BCUT2D eigenvalue weighted by Crippen LogP contribution is 2.32. The lowest BCUT2D eigenvalue weighted by Gasteiger charge is -2.32. The lowest BCUT2D eigenvalue weighted by Crippen LogP contribution is -2.40. The maximum absolute atomic E-state index is 12.2. The number of fused-ring (bicyclic) bond motifs is 1. The molecule has 5 rings (SSSR count). The van der Waals surface area contributed by atoms with Gasteiger partial charge in [0.05, 0.1) is 17.6 Å². The van der Waals surface area contributed by atoms with E-state index < -0.39 is 0 Å². The van der Waals surface area contributed by atoms with Crippen molar-refractivity contribution in [3.05, 3.63) is 61.1 Å². The number of amides is 1. The Morgan fingerprint density at radius 1 is 1.24 bits per heavy atom. The van der Waals surface area contributed by atoms with Gasteiger partial charge in [0.15, 0.2) is 5.65 Å². The average molecular weight is 444 g/mol. The van der Waals surface area contributed by atoms with Gasteiger partial charge in [-0.2, -0.15) is 5.10 Å². The molecule has 3 aromatic heterocycles. The number of nitrogen functional groups attached to an aromatic ring is 1. The molecule has 0 radical (unpaired) electrons. The minimum Gasteiger partial charge on any atom is -0.383 e. The van der Waals surface area contributed by atoms with Crippen LogP contribution in [0.25, 0.3) is 22.4 Å². The van der Waals surface area contributed by atoms with Gasteiger partial charge >= 0.3 is 0 Å². The molecule has 0 unspecified atom stereocenters. The highest BCUT2D eigenvalue weighted by Gasteiger charge is 2.28. The molecule has 1 amide bonds. The van der Waals surface area contributed by atoms with Crippen LogP contribution in [0.4, 0.5) is 5.82 Å². The summed E-state index contributed by atoms with van der Waals surface area (Å²) in [5.41, 5.74) is 9.32. The number of likely N-dealkylation sites (tertiary alicyclic amines) is 1. The van der Waals surface area contributed by atoms with Crippen molar-refractivity contribution >= 4 is 22.8 Å². The highest BCUT2D eigenvalue weighted by atomic mass is 16.2. The number of carbonyl (C=O) groups excluding carboxylic acids is 1. The molecule has 1 aromatic carbocycles. The Morgan fingerprint density at radius 2 is 2.09 bits per heavy atom. The summed E-state index contributed by atoms with van der Waals surface area (Å²) >= 11 is 0. The van der Waals surface area contributed by atoms with E-state index in [1.165, 1.54) is 18.0 Å². The van der Waals surface area contributed by atoms with Crippen LogP contribution in [0.2, 0.25) is 0 Å². The number of nitrogens with zero attached hydrogens (tertiary/aromatic N) is 8. The summed E-state index contributed by atoms with van der Waals surface area (Å²) in [6.45, 7) is 5.55. The van der Waals surface area contributed by atoms with Crippen molar-refractivity contribution in [2.24, 2.45) is 0 Å². The molecule has 4 heterocycles. The summed E-state index contributed by atoms with van der Waals surface area (Å²) in [5, 5.41) is 14.1. The zero-order chi connectivity index (χ0) is 22.8. The molecule has 0 saturated carbocycles. The van der Waals surface area contributed by atoms with E-state index in [1.807, 2.05) is 29.1 Å². The molecule has 1 aliphatic rings. The molecule has 1 atom stereocenters. The molecule has 0 bridgehead atoms. The van der Waals surface area contributed by atoms with Crippen molar-refractivity contribution < 1.29 is 4.79 Å². The Kier molecular flexibility index (Phi) is 5.55. The summed E-state index contributed by atoms with van der Waals surface area (Å²) in [6.07, 6.45) is 7.26. The summed E-state index contributed by atoms with van der Waals surface area (Å²) in [7, 11) is 0. The van der Waals surface area contributed by atoms with Crippen LogP contribution >= 0.6 is 0 Å². The molecule has 168 valence electrons. The van der Waals surface area contributed by atoms with Crippen molar-refractivity contribution in [2.45, 2.75) is 31.8 Å². The lowest BCUT2D eigenvalue weighted by molar-refractivity contribution is -0.127. The fraction of sp³-hybridized carbons (Fsp3) is 0.304. The Balaban J connectivity index is 1.46.